The summed E-state index contributed by atoms with van der Waals surface area (Å²) < 4.78 is 6.33. The molecule has 19 heteroatoms. The van der Waals surface area contributed by atoms with Crippen LogP contribution in [0, 0.1) is 0 Å². The molecule has 0 bridgehead atoms. The molecule has 4 N–H and O–H groups in total. The van der Waals surface area contributed by atoms with Gasteiger partial charge in [-0.25, -0.2) is 14.5 Å². The van der Waals surface area contributed by atoms with Crippen LogP contribution in [0.4, 0.5) is 9.93 Å². The summed E-state index contributed by atoms with van der Waals surface area (Å²) in [5, 5.41) is 25.3. The van der Waals surface area contributed by atoms with Gasteiger partial charge in [0.1, 0.15) is 15.9 Å². The third kappa shape index (κ3) is 6.18. The summed E-state index contributed by atoms with van der Waals surface area (Å²) in [6.07, 6.45) is -1.57. The average molecular weight is 623 g/mol. The monoisotopic (exact) mass is 621 g/mol. The Morgan fingerprint density at radius 2 is 2.16 bits per heavy atom. The molecule has 1 fully saturated rings. The Balaban J connectivity index is 1.48. The molecule has 0 radical (unpaired) electrons. The van der Waals surface area contributed by atoms with Gasteiger partial charge in [-0.15, -0.1) is 28.2 Å². The number of hydrogen-bond acceptors (Lipinski definition) is 13. The largest absolute Gasteiger partial charge is 0.512 e. The van der Waals surface area contributed by atoms with Crippen LogP contribution in [0.1, 0.15) is 5.69 Å². The number of β-lactam (4-membered cyclic amide) rings is 1. The van der Waals surface area contributed by atoms with Gasteiger partial charge in [0.2, 0.25) is 11.0 Å². The highest BCUT2D eigenvalue weighted by Gasteiger charge is 2.54. The lowest BCUT2D eigenvalue weighted by Crippen LogP contribution is -2.70. The molecule has 204 valence electrons. The number of likely N-dealkylation sites (N-methyl/N-ethyl adjacent to an activating group) is 1. The zero-order chi connectivity index (χ0) is 27.6. The highest BCUT2D eigenvalue weighted by atomic mass is 35.5. The number of halogens is 2. The Morgan fingerprint density at radius 3 is 2.79 bits per heavy atom. The van der Waals surface area contributed by atoms with Crippen LogP contribution in [0.15, 0.2) is 26.5 Å². The number of ether oxygens (including phenoxy) is 1. The van der Waals surface area contributed by atoms with Gasteiger partial charge in [-0.1, -0.05) is 35.0 Å². The maximum absolute atomic E-state index is 13.1. The second-order valence-electron chi connectivity index (χ2n) is 8.12. The van der Waals surface area contributed by atoms with E-state index >= 15 is 0 Å². The Kier molecular flexibility index (Phi) is 9.04. The van der Waals surface area contributed by atoms with E-state index in [1.807, 2.05) is 19.0 Å². The Labute approximate surface area is 238 Å². The van der Waals surface area contributed by atoms with Gasteiger partial charge in [0.05, 0.1) is 17.8 Å². The quantitative estimate of drug-likeness (QED) is 0.150. The summed E-state index contributed by atoms with van der Waals surface area (Å²) in [5.41, 5.74) is 6.26. The molecule has 1 saturated heterocycles. The Bertz CT molecular complexity index is 1310. The molecule has 2 aliphatic heterocycles. The van der Waals surface area contributed by atoms with E-state index in [1.54, 1.807) is 4.68 Å². The maximum Gasteiger partial charge on any atom is 0.512 e. The zero-order valence-electron chi connectivity index (χ0n) is 19.8. The number of nitrogen functional groups attached to an aromatic ring is 1. The number of amides is 2. The molecule has 2 amide bonds. The SMILES string of the molecule is CN(C)CCn1nnnc1SCC1=C(OC(=O)O)N2C(=O)C(NC(=O)C(=C(Cl)Cl)c3csc(N)n3)[C@@H]2SC1. The lowest BCUT2D eigenvalue weighted by molar-refractivity contribution is -0.148. The van der Waals surface area contributed by atoms with Crippen molar-refractivity contribution in [2.45, 2.75) is 23.1 Å². The summed E-state index contributed by atoms with van der Waals surface area (Å²) in [6, 6.07) is -0.967. The van der Waals surface area contributed by atoms with Gasteiger partial charge in [-0.2, -0.15) is 0 Å². The lowest BCUT2D eigenvalue weighted by atomic mass is 10.1. The van der Waals surface area contributed by atoms with Crippen molar-refractivity contribution in [3.8, 4) is 0 Å². The number of carbonyl (C=O) groups excluding carboxylic acids is 2. The maximum atomic E-state index is 13.1. The van der Waals surface area contributed by atoms with Gasteiger partial charge in [-0.05, 0) is 24.5 Å². The first kappa shape index (κ1) is 28.4. The third-order valence-corrected chi connectivity index (χ3v) is 8.73. The van der Waals surface area contributed by atoms with E-state index < -0.39 is 29.4 Å². The minimum Gasteiger partial charge on any atom is -0.449 e. The van der Waals surface area contributed by atoms with Crippen LogP contribution in [0.2, 0.25) is 0 Å². The van der Waals surface area contributed by atoms with Crippen molar-refractivity contribution in [2.75, 3.05) is 37.9 Å². The number of thioether (sulfide) groups is 2. The summed E-state index contributed by atoms with van der Waals surface area (Å²) in [4.78, 5) is 44.7. The van der Waals surface area contributed by atoms with Crippen molar-refractivity contribution < 1.29 is 24.2 Å². The molecule has 2 aromatic rings. The van der Waals surface area contributed by atoms with Crippen molar-refractivity contribution in [3.05, 3.63) is 27.0 Å². The molecule has 0 saturated carbocycles. The summed E-state index contributed by atoms with van der Waals surface area (Å²) in [5.74, 6) is -0.727. The number of rotatable bonds is 10. The normalized spacial score (nSPS) is 18.8. The molecular formula is C19H21Cl2N9O5S3. The number of nitrogens with zero attached hydrogens (tertiary/aromatic N) is 7. The molecule has 4 rings (SSSR count). The van der Waals surface area contributed by atoms with Crippen LogP contribution < -0.4 is 11.1 Å². The molecule has 14 nitrogen and oxygen atoms in total. The van der Waals surface area contributed by atoms with Crippen molar-refractivity contribution in [2.24, 2.45) is 0 Å². The van der Waals surface area contributed by atoms with Crippen molar-refractivity contribution >= 4 is 86.7 Å². The minimum absolute atomic E-state index is 0.0880. The van der Waals surface area contributed by atoms with E-state index in [-0.39, 0.29) is 32.5 Å². The van der Waals surface area contributed by atoms with E-state index in [0.29, 0.717) is 23.0 Å². The van der Waals surface area contributed by atoms with Gasteiger partial charge in [0.25, 0.3) is 11.8 Å². The van der Waals surface area contributed by atoms with Gasteiger partial charge >= 0.3 is 6.16 Å². The van der Waals surface area contributed by atoms with Crippen LogP contribution in [0.5, 0.6) is 0 Å². The van der Waals surface area contributed by atoms with E-state index in [0.717, 1.165) is 17.9 Å². The molecule has 2 atom stereocenters. The predicted octanol–water partition coefficient (Wildman–Crippen LogP) is 1.52. The number of aromatic nitrogens is 5. The topological polar surface area (TPSA) is 182 Å². The average Bonchev–Trinajstić information content (AvgIpc) is 3.48. The number of tetrazole rings is 1. The number of nitrogens with one attached hydrogen (secondary N) is 1. The third-order valence-electron chi connectivity index (χ3n) is 5.29. The van der Waals surface area contributed by atoms with Crippen LogP contribution in [-0.2, 0) is 20.9 Å². The van der Waals surface area contributed by atoms with Crippen LogP contribution in [0.25, 0.3) is 5.57 Å². The number of carbonyl (C=O) groups is 3. The predicted molar refractivity (Wildman–Crippen MR) is 143 cm³/mol. The van der Waals surface area contributed by atoms with E-state index in [1.165, 1.54) is 33.8 Å². The van der Waals surface area contributed by atoms with Crippen molar-refractivity contribution in [1.82, 2.24) is 40.3 Å². The van der Waals surface area contributed by atoms with Crippen LogP contribution >= 0.6 is 58.1 Å². The summed E-state index contributed by atoms with van der Waals surface area (Å²) in [7, 11) is 3.87. The van der Waals surface area contributed by atoms with E-state index in [9.17, 15) is 19.5 Å². The highest BCUT2D eigenvalue weighted by molar-refractivity contribution is 8.01. The molecule has 0 aromatic carbocycles. The first-order chi connectivity index (χ1) is 18.1. The second kappa shape index (κ2) is 12.1. The standard InChI is InChI=1S/C19H21Cl2N9O5S3/c1-28(2)3-4-29-18(25-26-27-29)38-6-8-5-36-16-11(14(32)30(16)15(8)35-19(33)34)24-13(31)10(12(20)21)9-7-37-17(22)23-9/h7,11,16H,3-6H2,1-2H3,(H2,22,23)(H,24,31)(H,33,34)/t11?,16-/m0/s1. The van der Waals surface area contributed by atoms with Gasteiger partial charge < -0.3 is 25.8 Å². The fraction of sp³-hybridized carbons (Fsp3) is 0.421. The number of carboxylic acid groups (broad SMARTS) is 1. The molecule has 2 aliphatic rings. The lowest BCUT2D eigenvalue weighted by Gasteiger charge is -2.49. The summed E-state index contributed by atoms with van der Waals surface area (Å²) >= 11 is 15.6. The first-order valence-electron chi connectivity index (χ1n) is 10.8. The fourth-order valence-corrected chi connectivity index (χ4v) is 6.78. The van der Waals surface area contributed by atoms with E-state index in [2.05, 4.69) is 25.8 Å². The smallest absolute Gasteiger partial charge is 0.449 e. The van der Waals surface area contributed by atoms with Crippen LogP contribution in [0.3, 0.4) is 0 Å². The molecule has 2 aromatic heterocycles. The number of fused-ring (bicyclic) bond motifs is 1. The van der Waals surface area contributed by atoms with Gasteiger partial charge in [0, 0.05) is 29.0 Å². The summed E-state index contributed by atoms with van der Waals surface area (Å²) in [6.45, 7) is 1.29. The molecule has 0 spiro atoms. The zero-order valence-corrected chi connectivity index (χ0v) is 23.8. The van der Waals surface area contributed by atoms with Crippen LogP contribution in [-0.4, -0.2) is 102 Å². The van der Waals surface area contributed by atoms with E-state index in [4.69, 9.17) is 33.7 Å². The number of hydrogen-bond donors (Lipinski definition) is 3. The fourth-order valence-electron chi connectivity index (χ4n) is 3.51. The molecular weight excluding hydrogens is 601 g/mol. The number of thiazole rings is 1. The molecule has 4 heterocycles. The van der Waals surface area contributed by atoms with Gasteiger partial charge in [-0.3, -0.25) is 14.5 Å². The molecule has 1 unspecified atom stereocenters. The highest BCUT2D eigenvalue weighted by Crippen LogP contribution is 2.42. The minimum atomic E-state index is -1.57. The van der Waals surface area contributed by atoms with Gasteiger partial charge in [0.15, 0.2) is 5.13 Å². The molecule has 0 aliphatic carbocycles. The number of anilines is 1. The van der Waals surface area contributed by atoms with Crippen molar-refractivity contribution in [3.63, 3.8) is 0 Å². The molecule has 38 heavy (non-hydrogen) atoms. The first-order valence-corrected chi connectivity index (χ1v) is 14.4. The number of nitrogens with two attached hydrogens (primary N) is 1. The van der Waals surface area contributed by atoms with Crippen molar-refractivity contribution in [1.29, 1.82) is 0 Å². The Morgan fingerprint density at radius 1 is 1.39 bits per heavy atom. The Hall–Kier alpha value is -2.57. The second-order valence-corrected chi connectivity index (χ2v) is 12.0.